The number of nitrogens with one attached hydrogen (secondary N) is 1. The Hall–Kier alpha value is -2.53. The summed E-state index contributed by atoms with van der Waals surface area (Å²) >= 11 is 1.09. The van der Waals surface area contributed by atoms with Crippen LogP contribution in [0.25, 0.3) is 11.0 Å². The Morgan fingerprint density at radius 2 is 1.93 bits per heavy atom. The van der Waals surface area contributed by atoms with Gasteiger partial charge in [-0.05, 0) is 36.8 Å². The second-order valence-electron chi connectivity index (χ2n) is 6.92. The fourth-order valence-corrected chi connectivity index (χ4v) is 6.19. The molecule has 0 aliphatic carbocycles. The maximum absolute atomic E-state index is 12.7. The van der Waals surface area contributed by atoms with E-state index in [0.717, 1.165) is 22.3 Å². The highest BCUT2D eigenvalue weighted by atomic mass is 32.2. The monoisotopic (exact) mass is 448 g/mol. The highest BCUT2D eigenvalue weighted by molar-refractivity contribution is 7.91. The number of rotatable bonds is 5. The second kappa shape index (κ2) is 8.31. The number of aryl methyl sites for hydroxylation is 1. The summed E-state index contributed by atoms with van der Waals surface area (Å²) in [6.07, 6.45) is 0.0408. The number of nitrogens with zero attached hydrogens (tertiary/aromatic N) is 1. The molecule has 3 heterocycles. The van der Waals surface area contributed by atoms with Crippen molar-refractivity contribution in [3.05, 3.63) is 57.3 Å². The number of carbonyl (C=O) groups excluding carboxylic acids is 1. The minimum atomic E-state index is -3.57. The zero-order valence-corrected chi connectivity index (χ0v) is 17.8. The van der Waals surface area contributed by atoms with Crippen LogP contribution in [-0.2, 0) is 26.0 Å². The Kier molecular flexibility index (Phi) is 5.74. The van der Waals surface area contributed by atoms with Crippen LogP contribution in [0.4, 0.5) is 5.69 Å². The first-order valence-corrected chi connectivity index (χ1v) is 11.6. The number of anilines is 1. The molecular weight excluding hydrogens is 428 g/mol. The summed E-state index contributed by atoms with van der Waals surface area (Å²) in [7, 11) is -3.57. The molecule has 1 fully saturated rings. The SMILES string of the molecule is Cc1cc(=O)oc2cc(NC(=O)Cc3ccc(S(=O)(=O)N4CCOCC4)s3)ccc12. The molecule has 0 spiro atoms. The van der Waals surface area contributed by atoms with Crippen molar-refractivity contribution in [2.45, 2.75) is 17.6 Å². The van der Waals surface area contributed by atoms with E-state index < -0.39 is 15.6 Å². The first-order chi connectivity index (χ1) is 14.3. The molecule has 158 valence electrons. The van der Waals surface area contributed by atoms with Crippen molar-refractivity contribution < 1.29 is 22.4 Å². The van der Waals surface area contributed by atoms with Crippen LogP contribution in [0.1, 0.15) is 10.4 Å². The molecule has 0 saturated carbocycles. The molecule has 0 radical (unpaired) electrons. The van der Waals surface area contributed by atoms with Gasteiger partial charge in [0.05, 0.1) is 19.6 Å². The molecule has 8 nitrogen and oxygen atoms in total. The molecule has 0 atom stereocenters. The van der Waals surface area contributed by atoms with Gasteiger partial charge in [0, 0.05) is 41.2 Å². The third-order valence-electron chi connectivity index (χ3n) is 4.77. The largest absolute Gasteiger partial charge is 0.423 e. The summed E-state index contributed by atoms with van der Waals surface area (Å²) in [5, 5.41) is 3.56. The fraction of sp³-hybridized carbons (Fsp3) is 0.300. The fourth-order valence-electron chi connectivity index (χ4n) is 3.27. The van der Waals surface area contributed by atoms with Gasteiger partial charge >= 0.3 is 5.63 Å². The van der Waals surface area contributed by atoms with Crippen LogP contribution in [-0.4, -0.2) is 44.9 Å². The van der Waals surface area contributed by atoms with Crippen molar-refractivity contribution in [3.63, 3.8) is 0 Å². The Labute approximate surface area is 177 Å². The van der Waals surface area contributed by atoms with Gasteiger partial charge in [0.25, 0.3) is 10.0 Å². The summed E-state index contributed by atoms with van der Waals surface area (Å²) in [6, 6.07) is 9.72. The molecule has 1 aliphatic rings. The molecule has 30 heavy (non-hydrogen) atoms. The van der Waals surface area contributed by atoms with E-state index in [1.807, 2.05) is 6.92 Å². The lowest BCUT2D eigenvalue weighted by Gasteiger charge is -2.25. The van der Waals surface area contributed by atoms with E-state index >= 15 is 0 Å². The van der Waals surface area contributed by atoms with Gasteiger partial charge in [-0.25, -0.2) is 13.2 Å². The molecule has 10 heteroatoms. The van der Waals surface area contributed by atoms with Gasteiger partial charge in [0.1, 0.15) is 9.79 Å². The van der Waals surface area contributed by atoms with E-state index in [1.165, 1.54) is 16.4 Å². The van der Waals surface area contributed by atoms with E-state index in [4.69, 9.17) is 9.15 Å². The topological polar surface area (TPSA) is 106 Å². The highest BCUT2D eigenvalue weighted by Crippen LogP contribution is 2.26. The molecule has 0 unspecified atom stereocenters. The lowest BCUT2D eigenvalue weighted by Crippen LogP contribution is -2.40. The van der Waals surface area contributed by atoms with Gasteiger partial charge in [0.15, 0.2) is 0 Å². The van der Waals surface area contributed by atoms with Crippen molar-refractivity contribution >= 4 is 43.9 Å². The number of fused-ring (bicyclic) bond motifs is 1. The first-order valence-electron chi connectivity index (χ1n) is 9.34. The van der Waals surface area contributed by atoms with E-state index in [9.17, 15) is 18.0 Å². The summed E-state index contributed by atoms with van der Waals surface area (Å²) in [6.45, 7) is 3.23. The average Bonchev–Trinajstić information content (AvgIpc) is 3.17. The standard InChI is InChI=1S/C20H20N2O6S2/c1-13-10-19(24)28-17-11-14(2-4-16(13)17)21-18(23)12-15-3-5-20(29-15)30(25,26)22-6-8-27-9-7-22/h2-5,10-11H,6-9,12H2,1H3,(H,21,23). The van der Waals surface area contributed by atoms with Crippen molar-refractivity contribution in [2.24, 2.45) is 0 Å². The Morgan fingerprint density at radius 3 is 2.70 bits per heavy atom. The molecule has 0 bridgehead atoms. The van der Waals surface area contributed by atoms with Crippen molar-refractivity contribution in [1.29, 1.82) is 0 Å². The van der Waals surface area contributed by atoms with E-state index in [1.54, 1.807) is 24.3 Å². The maximum Gasteiger partial charge on any atom is 0.336 e. The van der Waals surface area contributed by atoms with Crippen molar-refractivity contribution in [1.82, 2.24) is 4.31 Å². The third-order valence-corrected chi connectivity index (χ3v) is 8.22. The summed E-state index contributed by atoms with van der Waals surface area (Å²) < 4.78 is 37.4. The van der Waals surface area contributed by atoms with Gasteiger partial charge in [-0.3, -0.25) is 4.79 Å². The molecule has 1 N–H and O–H groups in total. The number of sulfonamides is 1. The Morgan fingerprint density at radius 1 is 1.17 bits per heavy atom. The van der Waals surface area contributed by atoms with Gasteiger partial charge < -0.3 is 14.5 Å². The summed E-state index contributed by atoms with van der Waals surface area (Å²) in [4.78, 5) is 24.6. The van der Waals surface area contributed by atoms with Gasteiger partial charge in [-0.1, -0.05) is 0 Å². The molecule has 4 rings (SSSR count). The summed E-state index contributed by atoms with van der Waals surface area (Å²) in [5.74, 6) is -0.290. The molecule has 1 amide bonds. The highest BCUT2D eigenvalue weighted by Gasteiger charge is 2.27. The number of morpholine rings is 1. The number of hydrogen-bond acceptors (Lipinski definition) is 7. The van der Waals surface area contributed by atoms with Crippen LogP contribution in [0.3, 0.4) is 0 Å². The number of benzene rings is 1. The molecule has 1 aliphatic heterocycles. The van der Waals surface area contributed by atoms with Crippen LogP contribution in [0.5, 0.6) is 0 Å². The van der Waals surface area contributed by atoms with Gasteiger partial charge in [-0.15, -0.1) is 11.3 Å². The van der Waals surface area contributed by atoms with Crippen molar-refractivity contribution in [3.8, 4) is 0 Å². The molecule has 1 aromatic carbocycles. The van der Waals surface area contributed by atoms with Crippen LogP contribution in [0.15, 0.2) is 49.8 Å². The molecular formula is C20H20N2O6S2. The van der Waals surface area contributed by atoms with Crippen LogP contribution >= 0.6 is 11.3 Å². The predicted octanol–water partition coefficient (Wildman–Crippen LogP) is 2.37. The first kappa shape index (κ1) is 20.7. The van der Waals surface area contributed by atoms with Gasteiger partial charge in [0.2, 0.25) is 5.91 Å². The van der Waals surface area contributed by atoms with Crippen LogP contribution in [0.2, 0.25) is 0 Å². The number of ether oxygens (including phenoxy) is 1. The van der Waals surface area contributed by atoms with E-state index in [-0.39, 0.29) is 16.5 Å². The minimum absolute atomic E-state index is 0.0408. The summed E-state index contributed by atoms with van der Waals surface area (Å²) in [5.41, 5.74) is 1.24. The number of thiophene rings is 1. The van der Waals surface area contributed by atoms with Crippen molar-refractivity contribution in [2.75, 3.05) is 31.6 Å². The lowest BCUT2D eigenvalue weighted by molar-refractivity contribution is -0.115. The zero-order valence-electron chi connectivity index (χ0n) is 16.2. The predicted molar refractivity (Wildman–Crippen MR) is 113 cm³/mol. The van der Waals surface area contributed by atoms with Gasteiger partial charge in [-0.2, -0.15) is 4.31 Å². The molecule has 1 saturated heterocycles. The lowest BCUT2D eigenvalue weighted by atomic mass is 10.1. The average molecular weight is 449 g/mol. The molecule has 2 aromatic heterocycles. The Balaban J connectivity index is 1.46. The number of carbonyl (C=O) groups is 1. The minimum Gasteiger partial charge on any atom is -0.423 e. The van der Waals surface area contributed by atoms with E-state index in [0.29, 0.717) is 42.5 Å². The van der Waals surface area contributed by atoms with Crippen LogP contribution < -0.4 is 10.9 Å². The maximum atomic E-state index is 12.7. The smallest absolute Gasteiger partial charge is 0.336 e. The quantitative estimate of drug-likeness (QED) is 0.601. The van der Waals surface area contributed by atoms with E-state index in [2.05, 4.69) is 5.32 Å². The zero-order chi connectivity index (χ0) is 21.3. The van der Waals surface area contributed by atoms with Crippen LogP contribution in [0, 0.1) is 6.92 Å². The number of amides is 1. The normalized spacial score (nSPS) is 15.4. The second-order valence-corrected chi connectivity index (χ2v) is 10.3. The number of hydrogen-bond donors (Lipinski definition) is 1. The molecule has 3 aromatic rings. The third kappa shape index (κ3) is 4.31. The Bertz CT molecular complexity index is 1260.